The summed E-state index contributed by atoms with van der Waals surface area (Å²) in [5, 5.41) is 15.9. The summed E-state index contributed by atoms with van der Waals surface area (Å²) in [6.07, 6.45) is 5.55. The molecule has 1 aliphatic carbocycles. The fraction of sp³-hybridized carbons (Fsp3) is 0.424. The second-order valence-corrected chi connectivity index (χ2v) is 11.1. The topological polar surface area (TPSA) is 134 Å². The van der Waals surface area contributed by atoms with E-state index in [-0.39, 0.29) is 30.9 Å². The van der Waals surface area contributed by atoms with Gasteiger partial charge < -0.3 is 28.8 Å². The van der Waals surface area contributed by atoms with Gasteiger partial charge >= 0.3 is 0 Å². The normalized spacial score (nSPS) is 14.0. The van der Waals surface area contributed by atoms with Crippen LogP contribution in [0.5, 0.6) is 17.2 Å². The molecule has 1 atom stereocenters. The van der Waals surface area contributed by atoms with E-state index in [0.29, 0.717) is 41.0 Å². The van der Waals surface area contributed by atoms with Gasteiger partial charge in [-0.2, -0.15) is 4.80 Å². The Balaban J connectivity index is 1.43. The van der Waals surface area contributed by atoms with Crippen molar-refractivity contribution in [3.63, 3.8) is 0 Å². The van der Waals surface area contributed by atoms with Gasteiger partial charge in [0.2, 0.25) is 11.7 Å². The summed E-state index contributed by atoms with van der Waals surface area (Å²) in [6, 6.07) is 15.5. The molecule has 12 nitrogen and oxygen atoms in total. The molecule has 0 saturated heterocycles. The maximum absolute atomic E-state index is 14.1. The Labute approximate surface area is 262 Å². The number of nitrogens with zero attached hydrogens (tertiary/aromatic N) is 5. The van der Waals surface area contributed by atoms with Crippen LogP contribution < -0.4 is 19.5 Å². The van der Waals surface area contributed by atoms with Gasteiger partial charge in [-0.3, -0.25) is 9.59 Å². The predicted octanol–water partition coefficient (Wildman–Crippen LogP) is 4.53. The highest BCUT2D eigenvalue weighted by Crippen LogP contribution is 2.30. The molecule has 0 radical (unpaired) electrons. The third-order valence-electron chi connectivity index (χ3n) is 8.03. The average molecular weight is 617 g/mol. The Morgan fingerprint density at radius 1 is 0.978 bits per heavy atom. The SMILES string of the molecule is COc1ccc(-c2nnn(CC(=O)N(CCc3ccc(OC)c(OC)c3)[C@H](C(=O)NC3CCCCC3)c3ccc(C)o3)n2)cc1. The number of rotatable bonds is 13. The van der Waals surface area contributed by atoms with Crippen LogP contribution in [0.25, 0.3) is 11.4 Å². The second kappa shape index (κ2) is 14.7. The summed E-state index contributed by atoms with van der Waals surface area (Å²) in [5.74, 6) is 2.68. The Morgan fingerprint density at radius 2 is 1.73 bits per heavy atom. The lowest BCUT2D eigenvalue weighted by Gasteiger charge is -2.32. The molecular weight excluding hydrogens is 576 g/mol. The summed E-state index contributed by atoms with van der Waals surface area (Å²) in [7, 11) is 4.75. The van der Waals surface area contributed by atoms with Gasteiger partial charge in [0.05, 0.1) is 21.3 Å². The van der Waals surface area contributed by atoms with Crippen molar-refractivity contribution in [2.75, 3.05) is 27.9 Å². The zero-order valence-corrected chi connectivity index (χ0v) is 26.2. The van der Waals surface area contributed by atoms with Crippen molar-refractivity contribution >= 4 is 11.8 Å². The van der Waals surface area contributed by atoms with E-state index in [1.54, 1.807) is 50.5 Å². The molecule has 0 bridgehead atoms. The number of nitrogens with one attached hydrogen (secondary N) is 1. The van der Waals surface area contributed by atoms with Crippen LogP contribution in [0.3, 0.4) is 0 Å². The molecule has 0 aliphatic heterocycles. The Morgan fingerprint density at radius 3 is 2.40 bits per heavy atom. The monoisotopic (exact) mass is 616 g/mol. The fourth-order valence-corrected chi connectivity index (χ4v) is 5.61. The smallest absolute Gasteiger partial charge is 0.250 e. The standard InChI is InChI=1S/C33H40N6O6/c1-22-10-16-28(45-22)31(33(41)34-25-8-6-5-7-9-25)38(19-18-23-11-17-27(43-3)29(20-23)44-4)30(40)21-39-36-32(35-37-39)24-12-14-26(42-2)15-13-24/h10-17,20,25,31H,5-9,18-19,21H2,1-4H3,(H,34,41)/t31-/m0/s1. The molecule has 1 fully saturated rings. The number of aryl methyl sites for hydroxylation is 1. The highest BCUT2D eigenvalue weighted by Gasteiger charge is 2.35. The van der Waals surface area contributed by atoms with E-state index in [2.05, 4.69) is 20.7 Å². The summed E-state index contributed by atoms with van der Waals surface area (Å²) in [4.78, 5) is 30.9. The van der Waals surface area contributed by atoms with Crippen LogP contribution in [0.1, 0.15) is 55.2 Å². The lowest BCUT2D eigenvalue weighted by atomic mass is 9.95. The first kappa shape index (κ1) is 31.6. The molecule has 1 N–H and O–H groups in total. The number of tetrazole rings is 1. The van der Waals surface area contributed by atoms with Crippen LogP contribution in [0.2, 0.25) is 0 Å². The summed E-state index contributed by atoms with van der Waals surface area (Å²) in [6.45, 7) is 1.81. The zero-order valence-electron chi connectivity index (χ0n) is 26.2. The number of hydrogen-bond donors (Lipinski definition) is 1. The fourth-order valence-electron chi connectivity index (χ4n) is 5.61. The van der Waals surface area contributed by atoms with Gasteiger partial charge in [-0.05, 0) is 85.5 Å². The quantitative estimate of drug-likeness (QED) is 0.230. The lowest BCUT2D eigenvalue weighted by molar-refractivity contribution is -0.142. The molecule has 12 heteroatoms. The van der Waals surface area contributed by atoms with Crippen molar-refractivity contribution in [2.24, 2.45) is 0 Å². The van der Waals surface area contributed by atoms with Gasteiger partial charge in [-0.1, -0.05) is 25.3 Å². The number of carbonyl (C=O) groups excluding carboxylic acids is 2. The van der Waals surface area contributed by atoms with Crippen molar-refractivity contribution in [2.45, 2.75) is 64.1 Å². The number of hydrogen-bond acceptors (Lipinski definition) is 9. The molecular formula is C33H40N6O6. The van der Waals surface area contributed by atoms with Gasteiger partial charge in [0.15, 0.2) is 17.5 Å². The van der Waals surface area contributed by atoms with Crippen LogP contribution >= 0.6 is 0 Å². The number of ether oxygens (including phenoxy) is 3. The van der Waals surface area contributed by atoms with Crippen LogP contribution in [-0.4, -0.2) is 70.8 Å². The first-order chi connectivity index (χ1) is 21.9. The van der Waals surface area contributed by atoms with Crippen LogP contribution in [0.4, 0.5) is 0 Å². The summed E-state index contributed by atoms with van der Waals surface area (Å²) < 4.78 is 22.1. The molecule has 2 amide bonds. The molecule has 5 rings (SSSR count). The minimum absolute atomic E-state index is 0.0525. The third kappa shape index (κ3) is 7.81. The maximum Gasteiger partial charge on any atom is 0.250 e. The van der Waals surface area contributed by atoms with E-state index in [4.69, 9.17) is 18.6 Å². The molecule has 238 valence electrons. The maximum atomic E-state index is 14.1. The van der Waals surface area contributed by atoms with Crippen LogP contribution in [0, 0.1) is 6.92 Å². The molecule has 0 spiro atoms. The number of methoxy groups -OCH3 is 3. The molecule has 2 heterocycles. The first-order valence-electron chi connectivity index (χ1n) is 15.2. The number of amides is 2. The van der Waals surface area contributed by atoms with E-state index in [9.17, 15) is 9.59 Å². The van der Waals surface area contributed by atoms with Gasteiger partial charge in [0, 0.05) is 18.2 Å². The highest BCUT2D eigenvalue weighted by molar-refractivity contribution is 5.88. The molecule has 2 aromatic heterocycles. The number of carbonyl (C=O) groups is 2. The largest absolute Gasteiger partial charge is 0.497 e. The van der Waals surface area contributed by atoms with Crippen LogP contribution in [-0.2, 0) is 22.6 Å². The second-order valence-electron chi connectivity index (χ2n) is 11.1. The Kier molecular flexibility index (Phi) is 10.3. The van der Waals surface area contributed by atoms with Gasteiger partial charge in [0.1, 0.15) is 23.8 Å². The number of aromatic nitrogens is 4. The minimum atomic E-state index is -0.988. The third-order valence-corrected chi connectivity index (χ3v) is 8.03. The summed E-state index contributed by atoms with van der Waals surface area (Å²) in [5.41, 5.74) is 1.64. The molecule has 1 aliphatic rings. The molecule has 4 aromatic rings. The molecule has 45 heavy (non-hydrogen) atoms. The van der Waals surface area contributed by atoms with Crippen molar-refractivity contribution in [1.29, 1.82) is 0 Å². The number of furan rings is 1. The number of benzene rings is 2. The van der Waals surface area contributed by atoms with Crippen molar-refractivity contribution in [3.05, 3.63) is 71.7 Å². The van der Waals surface area contributed by atoms with E-state index in [1.807, 2.05) is 37.3 Å². The highest BCUT2D eigenvalue weighted by atomic mass is 16.5. The van der Waals surface area contributed by atoms with Gasteiger partial charge in [0.25, 0.3) is 5.91 Å². The van der Waals surface area contributed by atoms with E-state index >= 15 is 0 Å². The van der Waals surface area contributed by atoms with E-state index < -0.39 is 6.04 Å². The Bertz CT molecular complexity index is 1580. The van der Waals surface area contributed by atoms with Crippen molar-refractivity contribution in [1.82, 2.24) is 30.4 Å². The molecule has 2 aromatic carbocycles. The van der Waals surface area contributed by atoms with Gasteiger partial charge in [-0.25, -0.2) is 0 Å². The zero-order chi connectivity index (χ0) is 31.8. The van der Waals surface area contributed by atoms with Crippen molar-refractivity contribution in [3.8, 4) is 28.6 Å². The van der Waals surface area contributed by atoms with Crippen molar-refractivity contribution < 1.29 is 28.2 Å². The predicted molar refractivity (Wildman–Crippen MR) is 166 cm³/mol. The average Bonchev–Trinajstić information content (AvgIpc) is 3.72. The minimum Gasteiger partial charge on any atom is -0.497 e. The molecule has 1 saturated carbocycles. The molecule has 0 unspecified atom stereocenters. The van der Waals surface area contributed by atoms with E-state index in [1.165, 1.54) is 4.80 Å². The summed E-state index contributed by atoms with van der Waals surface area (Å²) >= 11 is 0. The van der Waals surface area contributed by atoms with Crippen LogP contribution in [0.15, 0.2) is 59.0 Å². The van der Waals surface area contributed by atoms with E-state index in [0.717, 1.165) is 43.2 Å². The lowest BCUT2D eigenvalue weighted by Crippen LogP contribution is -2.48. The Hall–Kier alpha value is -4.87. The van der Waals surface area contributed by atoms with Gasteiger partial charge in [-0.15, -0.1) is 10.2 Å². The first-order valence-corrected chi connectivity index (χ1v) is 15.2.